The van der Waals surface area contributed by atoms with Gasteiger partial charge in [0, 0.05) is 24.0 Å². The molecule has 0 radical (unpaired) electrons. The highest BCUT2D eigenvalue weighted by molar-refractivity contribution is 5.84. The molecule has 132 valence electrons. The predicted octanol–water partition coefficient (Wildman–Crippen LogP) is 3.15. The standard InChI is InChI=1S/C19H34N2O2/c1-13(22)16-11-15(12-20-16)21(17(23)18(2,3)4)14-7-9-19(5,6)10-8-14/h14-16,20H,7-12H2,1-6H3. The molecule has 1 aliphatic carbocycles. The van der Waals surface area contributed by atoms with Gasteiger partial charge in [-0.05, 0) is 44.4 Å². The fourth-order valence-electron chi connectivity index (χ4n) is 3.92. The first-order chi connectivity index (χ1) is 10.5. The van der Waals surface area contributed by atoms with Crippen LogP contribution in [0, 0.1) is 10.8 Å². The van der Waals surface area contributed by atoms with Crippen LogP contribution in [-0.4, -0.2) is 41.3 Å². The van der Waals surface area contributed by atoms with E-state index in [1.165, 1.54) is 12.8 Å². The van der Waals surface area contributed by atoms with Crippen molar-refractivity contribution in [2.24, 2.45) is 10.8 Å². The lowest BCUT2D eigenvalue weighted by Gasteiger charge is -2.44. The van der Waals surface area contributed by atoms with Crippen LogP contribution in [0.2, 0.25) is 0 Å². The number of Topliss-reactive ketones (excluding diaryl/α,β-unsaturated/α-hetero) is 1. The molecule has 23 heavy (non-hydrogen) atoms. The van der Waals surface area contributed by atoms with Crippen molar-refractivity contribution in [3.8, 4) is 0 Å². The van der Waals surface area contributed by atoms with Crippen LogP contribution in [0.1, 0.15) is 73.6 Å². The molecule has 1 aliphatic heterocycles. The fraction of sp³-hybridized carbons (Fsp3) is 0.895. The second kappa shape index (κ2) is 6.54. The smallest absolute Gasteiger partial charge is 0.228 e. The summed E-state index contributed by atoms with van der Waals surface area (Å²) in [4.78, 5) is 26.9. The number of carbonyl (C=O) groups is 2. The third-order valence-corrected chi connectivity index (χ3v) is 5.57. The Morgan fingerprint density at radius 2 is 1.65 bits per heavy atom. The Morgan fingerprint density at radius 3 is 2.09 bits per heavy atom. The molecule has 4 heteroatoms. The van der Waals surface area contributed by atoms with Crippen molar-refractivity contribution < 1.29 is 9.59 Å². The van der Waals surface area contributed by atoms with Crippen molar-refractivity contribution in [2.45, 2.75) is 91.8 Å². The van der Waals surface area contributed by atoms with Gasteiger partial charge in [-0.3, -0.25) is 9.59 Å². The molecule has 1 N–H and O–H groups in total. The Balaban J connectivity index is 2.17. The normalized spacial score (nSPS) is 28.6. The first-order valence-corrected chi connectivity index (χ1v) is 9.08. The maximum atomic E-state index is 13.1. The Kier molecular flexibility index (Phi) is 5.24. The van der Waals surface area contributed by atoms with Gasteiger partial charge in [0.05, 0.1) is 6.04 Å². The van der Waals surface area contributed by atoms with Gasteiger partial charge in [-0.25, -0.2) is 0 Å². The van der Waals surface area contributed by atoms with Crippen molar-refractivity contribution >= 4 is 11.7 Å². The van der Waals surface area contributed by atoms with E-state index in [1.54, 1.807) is 6.92 Å². The van der Waals surface area contributed by atoms with E-state index in [4.69, 9.17) is 0 Å². The summed E-state index contributed by atoms with van der Waals surface area (Å²) in [6.07, 6.45) is 5.26. The van der Waals surface area contributed by atoms with E-state index in [0.717, 1.165) is 25.8 Å². The molecule has 2 rings (SSSR count). The Hall–Kier alpha value is -0.900. The summed E-state index contributed by atoms with van der Waals surface area (Å²) in [6, 6.07) is 0.393. The monoisotopic (exact) mass is 322 g/mol. The first kappa shape index (κ1) is 18.4. The summed E-state index contributed by atoms with van der Waals surface area (Å²) in [5, 5.41) is 3.30. The number of hydrogen-bond donors (Lipinski definition) is 1. The molecule has 1 heterocycles. The number of carbonyl (C=O) groups excluding carboxylic acids is 2. The Bertz CT molecular complexity index is 454. The summed E-state index contributed by atoms with van der Waals surface area (Å²) in [5.74, 6) is 0.415. The molecule has 2 atom stereocenters. The zero-order valence-electron chi connectivity index (χ0n) is 15.7. The minimum atomic E-state index is -0.374. The van der Waals surface area contributed by atoms with Crippen molar-refractivity contribution in [3.63, 3.8) is 0 Å². The van der Waals surface area contributed by atoms with E-state index < -0.39 is 0 Å². The molecule has 2 aliphatic rings. The summed E-state index contributed by atoms with van der Waals surface area (Å²) in [5.41, 5.74) is 0.0179. The van der Waals surface area contributed by atoms with Crippen LogP contribution >= 0.6 is 0 Å². The highest BCUT2D eigenvalue weighted by atomic mass is 16.2. The molecule has 0 bridgehead atoms. The Morgan fingerprint density at radius 1 is 1.09 bits per heavy atom. The topological polar surface area (TPSA) is 49.4 Å². The maximum absolute atomic E-state index is 13.1. The molecule has 2 fully saturated rings. The number of nitrogens with one attached hydrogen (secondary N) is 1. The van der Waals surface area contributed by atoms with Crippen molar-refractivity contribution in [1.82, 2.24) is 10.2 Å². The summed E-state index contributed by atoms with van der Waals surface area (Å²) < 4.78 is 0. The zero-order chi connectivity index (χ0) is 17.4. The second-order valence-electron chi connectivity index (χ2n) is 9.32. The molecule has 0 aromatic rings. The van der Waals surface area contributed by atoms with E-state index >= 15 is 0 Å². The SMILES string of the molecule is CC(=O)C1CC(N(C(=O)C(C)(C)C)C2CCC(C)(C)CC2)CN1. The van der Waals surface area contributed by atoms with Gasteiger partial charge < -0.3 is 10.2 Å². The molecular weight excluding hydrogens is 288 g/mol. The number of ketones is 1. The van der Waals surface area contributed by atoms with Gasteiger partial charge in [0.25, 0.3) is 0 Å². The average Bonchev–Trinajstić information content (AvgIpc) is 2.89. The third-order valence-electron chi connectivity index (χ3n) is 5.57. The number of hydrogen-bond acceptors (Lipinski definition) is 3. The van der Waals surface area contributed by atoms with Gasteiger partial charge in [0.1, 0.15) is 5.78 Å². The minimum absolute atomic E-state index is 0.0877. The number of nitrogens with zero attached hydrogens (tertiary/aromatic N) is 1. The molecule has 4 nitrogen and oxygen atoms in total. The molecule has 1 amide bonds. The summed E-state index contributed by atoms with van der Waals surface area (Å²) in [6.45, 7) is 13.0. The summed E-state index contributed by atoms with van der Waals surface area (Å²) >= 11 is 0. The van der Waals surface area contributed by atoms with E-state index in [0.29, 0.717) is 11.5 Å². The van der Waals surface area contributed by atoms with Gasteiger partial charge >= 0.3 is 0 Å². The minimum Gasteiger partial charge on any atom is -0.335 e. The molecule has 1 saturated heterocycles. The predicted molar refractivity (Wildman–Crippen MR) is 93.2 cm³/mol. The third kappa shape index (κ3) is 4.34. The van der Waals surface area contributed by atoms with Crippen LogP contribution in [-0.2, 0) is 9.59 Å². The van der Waals surface area contributed by atoms with Gasteiger partial charge in [-0.15, -0.1) is 0 Å². The lowest BCUT2D eigenvalue weighted by atomic mass is 9.74. The highest BCUT2D eigenvalue weighted by Crippen LogP contribution is 2.39. The lowest BCUT2D eigenvalue weighted by molar-refractivity contribution is -0.146. The molecular formula is C19H34N2O2. The molecule has 0 aromatic heterocycles. The first-order valence-electron chi connectivity index (χ1n) is 9.08. The van der Waals surface area contributed by atoms with Crippen LogP contribution < -0.4 is 5.32 Å². The van der Waals surface area contributed by atoms with Crippen molar-refractivity contribution in [3.05, 3.63) is 0 Å². The summed E-state index contributed by atoms with van der Waals surface area (Å²) in [7, 11) is 0. The Labute approximate surface area is 141 Å². The fourth-order valence-corrected chi connectivity index (χ4v) is 3.92. The van der Waals surface area contributed by atoms with Crippen LogP contribution in [0.5, 0.6) is 0 Å². The maximum Gasteiger partial charge on any atom is 0.228 e. The van der Waals surface area contributed by atoms with Crippen molar-refractivity contribution in [1.29, 1.82) is 0 Å². The molecule has 0 aromatic carbocycles. The lowest BCUT2D eigenvalue weighted by Crippen LogP contribution is -2.53. The molecule has 2 unspecified atom stereocenters. The van der Waals surface area contributed by atoms with Crippen LogP contribution in [0.4, 0.5) is 0 Å². The largest absolute Gasteiger partial charge is 0.335 e. The molecule has 1 saturated carbocycles. The second-order valence-corrected chi connectivity index (χ2v) is 9.32. The number of amides is 1. The quantitative estimate of drug-likeness (QED) is 0.868. The van der Waals surface area contributed by atoms with E-state index in [1.807, 2.05) is 20.8 Å². The van der Waals surface area contributed by atoms with Gasteiger partial charge in [-0.1, -0.05) is 34.6 Å². The number of rotatable bonds is 3. The van der Waals surface area contributed by atoms with Gasteiger partial charge in [0.2, 0.25) is 5.91 Å². The van der Waals surface area contributed by atoms with Crippen LogP contribution in [0.3, 0.4) is 0 Å². The van der Waals surface area contributed by atoms with E-state index in [9.17, 15) is 9.59 Å². The highest BCUT2D eigenvalue weighted by Gasteiger charge is 2.42. The average molecular weight is 322 g/mol. The van der Waals surface area contributed by atoms with E-state index in [-0.39, 0.29) is 29.2 Å². The van der Waals surface area contributed by atoms with Gasteiger partial charge in [0.15, 0.2) is 0 Å². The van der Waals surface area contributed by atoms with Crippen molar-refractivity contribution in [2.75, 3.05) is 6.54 Å². The van der Waals surface area contributed by atoms with Gasteiger partial charge in [-0.2, -0.15) is 0 Å². The van der Waals surface area contributed by atoms with Crippen LogP contribution in [0.25, 0.3) is 0 Å². The zero-order valence-corrected chi connectivity index (χ0v) is 15.7. The molecule has 0 spiro atoms. The van der Waals surface area contributed by atoms with Crippen LogP contribution in [0.15, 0.2) is 0 Å². The van der Waals surface area contributed by atoms with E-state index in [2.05, 4.69) is 24.1 Å².